The predicted molar refractivity (Wildman–Crippen MR) is 181 cm³/mol. The fraction of sp³-hybridized carbons (Fsp3) is 0.257. The molecule has 2 amide bonds. The van der Waals surface area contributed by atoms with E-state index in [2.05, 4.69) is 5.32 Å². The lowest BCUT2D eigenvalue weighted by molar-refractivity contribution is -0.140. The van der Waals surface area contributed by atoms with Gasteiger partial charge in [0.15, 0.2) is 0 Å². The van der Waals surface area contributed by atoms with Crippen molar-refractivity contribution in [3.8, 4) is 0 Å². The third kappa shape index (κ3) is 9.10. The van der Waals surface area contributed by atoms with Gasteiger partial charge in [-0.3, -0.25) is 13.9 Å². The minimum absolute atomic E-state index is 0.00894. The number of nitrogens with one attached hydrogen (secondary N) is 1. The van der Waals surface area contributed by atoms with Gasteiger partial charge in [0, 0.05) is 29.6 Å². The lowest BCUT2D eigenvalue weighted by Gasteiger charge is -2.34. The number of unbranched alkanes of at least 4 members (excludes halogenated alkanes) is 1. The van der Waals surface area contributed by atoms with E-state index in [1.54, 1.807) is 55.5 Å². The molecular weight excluding hydrogens is 629 g/mol. The molecule has 4 rings (SSSR count). The number of amides is 2. The number of aryl methyl sites for hydroxylation is 1. The largest absolute Gasteiger partial charge is 0.354 e. The molecule has 0 saturated heterocycles. The van der Waals surface area contributed by atoms with Gasteiger partial charge in [-0.25, -0.2) is 8.42 Å². The third-order valence-corrected chi connectivity index (χ3v) is 9.71. The van der Waals surface area contributed by atoms with E-state index in [0.717, 1.165) is 28.3 Å². The fourth-order valence-electron chi connectivity index (χ4n) is 4.94. The van der Waals surface area contributed by atoms with Crippen LogP contribution in [0.1, 0.15) is 36.5 Å². The zero-order valence-electron chi connectivity index (χ0n) is 25.3. The van der Waals surface area contributed by atoms with Crippen LogP contribution in [0.4, 0.5) is 5.69 Å². The van der Waals surface area contributed by atoms with Crippen LogP contribution in [0.2, 0.25) is 10.0 Å². The van der Waals surface area contributed by atoms with Crippen molar-refractivity contribution < 1.29 is 18.0 Å². The zero-order chi connectivity index (χ0) is 32.4. The van der Waals surface area contributed by atoms with Crippen molar-refractivity contribution in [3.63, 3.8) is 0 Å². The Morgan fingerprint density at radius 3 is 2.02 bits per heavy atom. The van der Waals surface area contributed by atoms with Crippen molar-refractivity contribution in [2.24, 2.45) is 0 Å². The molecule has 4 aromatic carbocycles. The molecule has 1 unspecified atom stereocenters. The summed E-state index contributed by atoms with van der Waals surface area (Å²) in [6.07, 6.45) is 1.92. The lowest BCUT2D eigenvalue weighted by Crippen LogP contribution is -2.53. The van der Waals surface area contributed by atoms with Crippen LogP contribution in [0.25, 0.3) is 0 Å². The molecule has 0 heterocycles. The minimum Gasteiger partial charge on any atom is -0.354 e. The molecule has 45 heavy (non-hydrogen) atoms. The van der Waals surface area contributed by atoms with Crippen molar-refractivity contribution in [2.45, 2.75) is 50.6 Å². The molecule has 0 saturated carbocycles. The van der Waals surface area contributed by atoms with Crippen molar-refractivity contribution in [1.29, 1.82) is 0 Å². The number of rotatable bonds is 14. The van der Waals surface area contributed by atoms with E-state index in [0.29, 0.717) is 27.8 Å². The first-order valence-corrected chi connectivity index (χ1v) is 17.0. The van der Waals surface area contributed by atoms with Crippen LogP contribution < -0.4 is 9.62 Å². The highest BCUT2D eigenvalue weighted by molar-refractivity contribution is 7.92. The van der Waals surface area contributed by atoms with E-state index in [-0.39, 0.29) is 23.8 Å². The van der Waals surface area contributed by atoms with Gasteiger partial charge in [0.25, 0.3) is 10.0 Å². The van der Waals surface area contributed by atoms with Gasteiger partial charge in [0.1, 0.15) is 12.6 Å². The molecule has 0 fully saturated rings. The van der Waals surface area contributed by atoms with Crippen LogP contribution in [0, 0.1) is 6.92 Å². The maximum absolute atomic E-state index is 14.5. The van der Waals surface area contributed by atoms with Gasteiger partial charge in [-0.2, -0.15) is 0 Å². The van der Waals surface area contributed by atoms with Crippen molar-refractivity contribution in [2.75, 3.05) is 17.4 Å². The molecule has 7 nitrogen and oxygen atoms in total. The number of carbonyl (C=O) groups excluding carboxylic acids is 2. The molecular formula is C35H37Cl2N3O4S. The number of anilines is 1. The number of nitrogens with zero attached hydrogens (tertiary/aromatic N) is 2. The second-order valence-electron chi connectivity index (χ2n) is 10.8. The minimum atomic E-state index is -4.21. The van der Waals surface area contributed by atoms with Gasteiger partial charge in [-0.05, 0) is 72.5 Å². The quantitative estimate of drug-likeness (QED) is 0.146. The summed E-state index contributed by atoms with van der Waals surface area (Å²) in [6.45, 7) is 3.82. The molecule has 0 spiro atoms. The summed E-state index contributed by atoms with van der Waals surface area (Å²) in [7, 11) is -4.21. The normalized spacial score (nSPS) is 11.9. The summed E-state index contributed by atoms with van der Waals surface area (Å²) in [5.74, 6) is -0.838. The van der Waals surface area contributed by atoms with Gasteiger partial charge in [0.05, 0.1) is 10.6 Å². The number of halogens is 2. The molecule has 1 N–H and O–H groups in total. The lowest BCUT2D eigenvalue weighted by atomic mass is 10.0. The maximum Gasteiger partial charge on any atom is 0.264 e. The first kappa shape index (κ1) is 34.0. The van der Waals surface area contributed by atoms with E-state index in [1.165, 1.54) is 29.2 Å². The fourth-order valence-corrected chi connectivity index (χ4v) is 6.67. The summed E-state index contributed by atoms with van der Waals surface area (Å²) < 4.78 is 29.4. The van der Waals surface area contributed by atoms with Crippen LogP contribution in [-0.4, -0.2) is 44.3 Å². The molecule has 0 aliphatic carbocycles. The SMILES string of the molecule is CCCCNC(=O)C(Cc1ccccc1)N(Cc1ccc(Cl)cc1)C(=O)CN(c1ccccc1C)S(=O)(=O)c1ccc(Cl)cc1. The number of sulfonamides is 1. The van der Waals surface area contributed by atoms with E-state index in [9.17, 15) is 18.0 Å². The zero-order valence-corrected chi connectivity index (χ0v) is 27.7. The first-order valence-electron chi connectivity index (χ1n) is 14.8. The second-order valence-corrected chi connectivity index (χ2v) is 13.5. The van der Waals surface area contributed by atoms with E-state index >= 15 is 0 Å². The molecule has 0 radical (unpaired) electrons. The Morgan fingerprint density at radius 2 is 1.40 bits per heavy atom. The van der Waals surface area contributed by atoms with E-state index in [4.69, 9.17) is 23.2 Å². The van der Waals surface area contributed by atoms with Gasteiger partial charge in [-0.15, -0.1) is 0 Å². The highest BCUT2D eigenvalue weighted by Gasteiger charge is 2.35. The van der Waals surface area contributed by atoms with Crippen LogP contribution in [0.5, 0.6) is 0 Å². The predicted octanol–water partition coefficient (Wildman–Crippen LogP) is 7.05. The number of hydrogen-bond donors (Lipinski definition) is 1. The summed E-state index contributed by atoms with van der Waals surface area (Å²) in [4.78, 5) is 29.8. The van der Waals surface area contributed by atoms with Gasteiger partial charge >= 0.3 is 0 Å². The smallest absolute Gasteiger partial charge is 0.264 e. The molecule has 1 atom stereocenters. The Labute approximate surface area is 275 Å². The number of carbonyl (C=O) groups is 2. The molecule has 4 aromatic rings. The third-order valence-electron chi connectivity index (χ3n) is 7.43. The average molecular weight is 667 g/mol. The Hall–Kier alpha value is -3.85. The summed E-state index contributed by atoms with van der Waals surface area (Å²) in [6, 6.07) is 28.4. The topological polar surface area (TPSA) is 86.8 Å². The Morgan fingerprint density at radius 1 is 0.800 bits per heavy atom. The van der Waals surface area contributed by atoms with Crippen molar-refractivity contribution in [1.82, 2.24) is 10.2 Å². The van der Waals surface area contributed by atoms with E-state index < -0.39 is 28.5 Å². The molecule has 10 heteroatoms. The maximum atomic E-state index is 14.5. The van der Waals surface area contributed by atoms with Crippen molar-refractivity contribution in [3.05, 3.63) is 130 Å². The highest BCUT2D eigenvalue weighted by atomic mass is 35.5. The summed E-state index contributed by atoms with van der Waals surface area (Å²) in [5.41, 5.74) is 2.64. The van der Waals surface area contributed by atoms with Crippen LogP contribution in [-0.2, 0) is 32.6 Å². The number of benzene rings is 4. The van der Waals surface area contributed by atoms with Crippen LogP contribution in [0.15, 0.2) is 108 Å². The molecule has 0 aliphatic heterocycles. The second kappa shape index (κ2) is 15.9. The Bertz CT molecular complexity index is 1680. The summed E-state index contributed by atoms with van der Waals surface area (Å²) >= 11 is 12.2. The average Bonchev–Trinajstić information content (AvgIpc) is 3.03. The molecule has 0 bridgehead atoms. The van der Waals surface area contributed by atoms with Gasteiger partial charge in [-0.1, -0.05) is 97.2 Å². The van der Waals surface area contributed by atoms with Gasteiger partial charge < -0.3 is 10.2 Å². The van der Waals surface area contributed by atoms with Crippen molar-refractivity contribution >= 4 is 50.7 Å². The number of para-hydroxylation sites is 1. The molecule has 0 aliphatic rings. The Balaban J connectivity index is 1.79. The van der Waals surface area contributed by atoms with Crippen LogP contribution in [0.3, 0.4) is 0 Å². The highest BCUT2D eigenvalue weighted by Crippen LogP contribution is 2.28. The van der Waals surface area contributed by atoms with Gasteiger partial charge in [0.2, 0.25) is 11.8 Å². The molecule has 0 aromatic heterocycles. The summed E-state index contributed by atoms with van der Waals surface area (Å²) in [5, 5.41) is 3.92. The number of hydrogen-bond acceptors (Lipinski definition) is 4. The van der Waals surface area contributed by atoms with Crippen LogP contribution >= 0.6 is 23.2 Å². The monoisotopic (exact) mass is 665 g/mol. The molecule has 236 valence electrons. The first-order chi connectivity index (χ1) is 21.6. The van der Waals surface area contributed by atoms with E-state index in [1.807, 2.05) is 37.3 Å². The Kier molecular flexibility index (Phi) is 12.0. The standard InChI is InChI=1S/C35H37Cl2N3O4S/c1-3-4-22-38-35(42)33(23-27-11-6-5-7-12-27)39(24-28-14-16-29(36)17-15-28)34(41)25-40(32-13-9-8-10-26(32)2)45(43,44)31-20-18-30(37)19-21-31/h5-21,33H,3-4,22-25H2,1-2H3,(H,38,42).